The summed E-state index contributed by atoms with van der Waals surface area (Å²) >= 11 is 0. The second-order valence-electron chi connectivity index (χ2n) is 5.22. The Bertz CT molecular complexity index is 740. The van der Waals surface area contributed by atoms with Gasteiger partial charge in [0.2, 0.25) is 0 Å². The average molecular weight is 282 g/mol. The summed E-state index contributed by atoms with van der Waals surface area (Å²) < 4.78 is 4.85. The van der Waals surface area contributed by atoms with Crippen molar-refractivity contribution in [2.75, 3.05) is 17.7 Å². The highest BCUT2D eigenvalue weighted by Crippen LogP contribution is 2.43. The maximum absolute atomic E-state index is 12.0. The quantitative estimate of drug-likeness (QED) is 0.704. The molecule has 0 bridgehead atoms. The van der Waals surface area contributed by atoms with Crippen LogP contribution in [-0.2, 0) is 4.74 Å². The van der Waals surface area contributed by atoms with Crippen LogP contribution in [0.25, 0.3) is 0 Å². The van der Waals surface area contributed by atoms with Crippen LogP contribution in [0.5, 0.6) is 0 Å². The zero-order valence-electron chi connectivity index (χ0n) is 11.5. The molecule has 21 heavy (non-hydrogen) atoms. The van der Waals surface area contributed by atoms with E-state index in [9.17, 15) is 4.79 Å². The highest BCUT2D eigenvalue weighted by molar-refractivity contribution is 6.01. The van der Waals surface area contributed by atoms with E-state index < -0.39 is 5.97 Å². The molecule has 1 saturated carbocycles. The molecule has 0 saturated heterocycles. The normalized spacial score (nSPS) is 15.3. The molecular formula is C15H14N4O2. The lowest BCUT2D eigenvalue weighted by Crippen LogP contribution is -2.17. The summed E-state index contributed by atoms with van der Waals surface area (Å²) in [5.74, 6) is 1.25. The number of aromatic nitrogens is 2. The van der Waals surface area contributed by atoms with Gasteiger partial charge in [0.1, 0.15) is 11.5 Å². The molecule has 0 unspecified atom stereocenters. The summed E-state index contributed by atoms with van der Waals surface area (Å²) in [5, 5.41) is 6.48. The number of ether oxygens (including phenoxy) is 1. The molecule has 2 heterocycles. The van der Waals surface area contributed by atoms with Gasteiger partial charge in [-0.3, -0.25) is 0 Å². The molecule has 6 nitrogen and oxygen atoms in total. The summed E-state index contributed by atoms with van der Waals surface area (Å²) in [6.07, 6.45) is 2.15. The number of carbonyl (C=O) groups is 1. The minimum atomic E-state index is -0.454. The molecule has 1 fully saturated rings. The Labute approximate surface area is 121 Å². The minimum absolute atomic E-state index is 0.284. The van der Waals surface area contributed by atoms with Gasteiger partial charge in [0.25, 0.3) is 0 Å². The maximum Gasteiger partial charge on any atom is 0.359 e. The fraction of sp³-hybridized carbons (Fsp3) is 0.267. The Kier molecular flexibility index (Phi) is 2.57. The summed E-state index contributed by atoms with van der Waals surface area (Å²) in [6, 6.07) is 7.77. The molecule has 6 heteroatoms. The number of esters is 1. The molecule has 2 aliphatic rings. The summed E-state index contributed by atoms with van der Waals surface area (Å²) in [5.41, 5.74) is 2.68. The van der Waals surface area contributed by atoms with E-state index in [0.29, 0.717) is 23.2 Å². The van der Waals surface area contributed by atoms with Crippen molar-refractivity contribution in [3.63, 3.8) is 0 Å². The average Bonchev–Trinajstić information content (AvgIpc) is 3.36. The molecule has 1 aromatic heterocycles. The van der Waals surface area contributed by atoms with Gasteiger partial charge in [0, 0.05) is 5.92 Å². The fourth-order valence-electron chi connectivity index (χ4n) is 2.42. The summed E-state index contributed by atoms with van der Waals surface area (Å²) in [4.78, 5) is 21.0. The largest absolute Gasteiger partial charge is 0.464 e. The molecule has 1 aliphatic carbocycles. The second-order valence-corrected chi connectivity index (χ2v) is 5.22. The predicted octanol–water partition coefficient (Wildman–Crippen LogP) is 2.94. The number of hydrogen-bond donors (Lipinski definition) is 2. The molecule has 4 rings (SSSR count). The van der Waals surface area contributed by atoms with E-state index in [0.717, 1.165) is 24.2 Å². The van der Waals surface area contributed by atoms with Crippen molar-refractivity contribution in [1.29, 1.82) is 0 Å². The Morgan fingerprint density at radius 1 is 1.19 bits per heavy atom. The van der Waals surface area contributed by atoms with E-state index in [1.54, 1.807) is 0 Å². The van der Waals surface area contributed by atoms with Gasteiger partial charge in [-0.05, 0) is 25.0 Å². The summed E-state index contributed by atoms with van der Waals surface area (Å²) in [6.45, 7) is 0. The molecule has 2 N–H and O–H groups in total. The van der Waals surface area contributed by atoms with Crippen LogP contribution in [0.1, 0.15) is 35.1 Å². The lowest BCUT2D eigenvalue weighted by atomic mass is 10.2. The van der Waals surface area contributed by atoms with Crippen LogP contribution in [0, 0.1) is 0 Å². The zero-order valence-corrected chi connectivity index (χ0v) is 11.5. The number of para-hydroxylation sites is 2. The number of rotatable bonds is 2. The smallest absolute Gasteiger partial charge is 0.359 e. The number of nitrogens with zero attached hydrogens (tertiary/aromatic N) is 2. The van der Waals surface area contributed by atoms with Crippen molar-refractivity contribution in [2.24, 2.45) is 0 Å². The Balaban J connectivity index is 1.85. The Hall–Kier alpha value is -2.63. The number of nitrogens with one attached hydrogen (secondary N) is 2. The predicted molar refractivity (Wildman–Crippen MR) is 78.4 cm³/mol. The van der Waals surface area contributed by atoms with E-state index in [4.69, 9.17) is 4.74 Å². The highest BCUT2D eigenvalue weighted by Gasteiger charge is 2.31. The molecule has 0 amide bonds. The molecular weight excluding hydrogens is 268 g/mol. The topological polar surface area (TPSA) is 76.1 Å². The summed E-state index contributed by atoms with van der Waals surface area (Å²) in [7, 11) is 1.36. The van der Waals surface area contributed by atoms with Crippen LogP contribution in [0.3, 0.4) is 0 Å². The van der Waals surface area contributed by atoms with Crippen LogP contribution >= 0.6 is 0 Å². The minimum Gasteiger partial charge on any atom is -0.464 e. The van der Waals surface area contributed by atoms with Crippen molar-refractivity contribution < 1.29 is 9.53 Å². The van der Waals surface area contributed by atoms with Crippen molar-refractivity contribution in [3.05, 3.63) is 35.8 Å². The van der Waals surface area contributed by atoms with Gasteiger partial charge in [0.15, 0.2) is 11.5 Å². The van der Waals surface area contributed by atoms with Crippen LogP contribution in [0.4, 0.5) is 22.9 Å². The number of carbonyl (C=O) groups excluding carboxylic acids is 1. The number of hydrogen-bond acceptors (Lipinski definition) is 6. The Morgan fingerprint density at radius 2 is 1.90 bits per heavy atom. The monoisotopic (exact) mass is 282 g/mol. The van der Waals surface area contributed by atoms with Gasteiger partial charge in [-0.15, -0.1) is 0 Å². The molecule has 0 atom stereocenters. The van der Waals surface area contributed by atoms with E-state index in [-0.39, 0.29) is 5.69 Å². The first-order chi connectivity index (χ1) is 10.3. The van der Waals surface area contributed by atoms with Crippen LogP contribution < -0.4 is 10.6 Å². The SMILES string of the molecule is COC(=O)c1nc(C2CC2)nc2c1Nc1ccccc1N2. The van der Waals surface area contributed by atoms with Crippen LogP contribution in [-0.4, -0.2) is 23.0 Å². The number of benzene rings is 1. The van der Waals surface area contributed by atoms with Crippen molar-refractivity contribution in [3.8, 4) is 0 Å². The molecule has 1 aliphatic heterocycles. The van der Waals surface area contributed by atoms with Gasteiger partial charge in [-0.1, -0.05) is 12.1 Å². The van der Waals surface area contributed by atoms with Crippen molar-refractivity contribution in [1.82, 2.24) is 9.97 Å². The molecule has 2 aromatic rings. The number of methoxy groups -OCH3 is 1. The molecule has 106 valence electrons. The first-order valence-corrected chi connectivity index (χ1v) is 6.89. The standard InChI is InChI=1S/C15H14N4O2/c1-21-15(20)12-11-14(19-13(18-12)8-6-7-8)17-10-5-3-2-4-9(10)16-11/h2-5,8,16H,6-7H2,1H3,(H,17,18,19). The van der Waals surface area contributed by atoms with E-state index in [2.05, 4.69) is 20.6 Å². The third-order valence-corrected chi connectivity index (χ3v) is 3.69. The lowest BCUT2D eigenvalue weighted by molar-refractivity contribution is 0.0595. The number of anilines is 4. The zero-order chi connectivity index (χ0) is 14.4. The number of fused-ring (bicyclic) bond motifs is 2. The van der Waals surface area contributed by atoms with Gasteiger partial charge >= 0.3 is 5.97 Å². The van der Waals surface area contributed by atoms with Gasteiger partial charge in [0.05, 0.1) is 18.5 Å². The van der Waals surface area contributed by atoms with E-state index >= 15 is 0 Å². The first-order valence-electron chi connectivity index (χ1n) is 6.89. The van der Waals surface area contributed by atoms with Gasteiger partial charge in [-0.25, -0.2) is 14.8 Å². The third kappa shape index (κ3) is 1.99. The van der Waals surface area contributed by atoms with Crippen LogP contribution in [0.15, 0.2) is 24.3 Å². The fourth-order valence-corrected chi connectivity index (χ4v) is 2.42. The molecule has 0 radical (unpaired) electrons. The third-order valence-electron chi connectivity index (χ3n) is 3.69. The lowest BCUT2D eigenvalue weighted by Gasteiger charge is -2.23. The first kappa shape index (κ1) is 12.1. The van der Waals surface area contributed by atoms with Crippen LogP contribution in [0.2, 0.25) is 0 Å². The maximum atomic E-state index is 12.0. The van der Waals surface area contributed by atoms with Crippen molar-refractivity contribution in [2.45, 2.75) is 18.8 Å². The molecule has 1 aromatic carbocycles. The Morgan fingerprint density at radius 3 is 2.57 bits per heavy atom. The second kappa shape index (κ2) is 4.44. The van der Waals surface area contributed by atoms with E-state index in [1.807, 2.05) is 24.3 Å². The molecule has 0 spiro atoms. The van der Waals surface area contributed by atoms with Gasteiger partial charge in [-0.2, -0.15) is 0 Å². The van der Waals surface area contributed by atoms with E-state index in [1.165, 1.54) is 7.11 Å². The van der Waals surface area contributed by atoms with Crippen molar-refractivity contribution >= 4 is 28.8 Å². The highest BCUT2D eigenvalue weighted by atomic mass is 16.5. The van der Waals surface area contributed by atoms with Gasteiger partial charge < -0.3 is 15.4 Å².